The molecule has 0 atom stereocenters. The van der Waals surface area contributed by atoms with Crippen molar-refractivity contribution in [3.63, 3.8) is 0 Å². The van der Waals surface area contributed by atoms with Crippen molar-refractivity contribution in [2.75, 3.05) is 17.4 Å². The molecule has 1 heterocycles. The quantitative estimate of drug-likeness (QED) is 0.658. The molecule has 0 saturated carbocycles. The lowest BCUT2D eigenvalue weighted by molar-refractivity contribution is 1.06. The predicted octanol–water partition coefficient (Wildman–Crippen LogP) is 2.49. The monoisotopic (exact) mass is 263 g/mol. The number of nitrogens with two attached hydrogens (primary N) is 1. The fourth-order valence-corrected chi connectivity index (χ4v) is 1.84. The Morgan fingerprint density at radius 2 is 2.17 bits per heavy atom. The summed E-state index contributed by atoms with van der Waals surface area (Å²) in [6.07, 6.45) is 1.52. The molecule has 0 amide bonds. The molecule has 94 valence electrons. The first kappa shape index (κ1) is 12.6. The van der Waals surface area contributed by atoms with E-state index in [0.29, 0.717) is 16.8 Å². The summed E-state index contributed by atoms with van der Waals surface area (Å²) < 4.78 is 0. The molecule has 0 fully saturated rings. The molecule has 0 saturated heterocycles. The van der Waals surface area contributed by atoms with Gasteiger partial charge >= 0.3 is 0 Å². The van der Waals surface area contributed by atoms with E-state index in [2.05, 4.69) is 15.4 Å². The van der Waals surface area contributed by atoms with Crippen molar-refractivity contribution in [3.8, 4) is 0 Å². The Morgan fingerprint density at radius 1 is 1.39 bits per heavy atom. The zero-order valence-electron chi connectivity index (χ0n) is 10.2. The highest BCUT2D eigenvalue weighted by molar-refractivity contribution is 6.33. The molecule has 2 rings (SSSR count). The summed E-state index contributed by atoms with van der Waals surface area (Å²) in [5.41, 5.74) is 4.57. The van der Waals surface area contributed by atoms with Crippen LogP contribution in [0.15, 0.2) is 30.5 Å². The number of hydrogen-bond acceptors (Lipinski definition) is 5. The fraction of sp³-hybridized carbons (Fsp3) is 0.167. The van der Waals surface area contributed by atoms with Crippen LogP contribution in [-0.2, 0) is 0 Å². The van der Waals surface area contributed by atoms with Crippen LogP contribution in [0.1, 0.15) is 5.56 Å². The molecule has 0 bridgehead atoms. The highest BCUT2D eigenvalue weighted by Crippen LogP contribution is 2.29. The molecule has 18 heavy (non-hydrogen) atoms. The second-order valence-corrected chi connectivity index (χ2v) is 4.31. The van der Waals surface area contributed by atoms with Crippen LogP contribution in [0, 0.1) is 6.92 Å². The summed E-state index contributed by atoms with van der Waals surface area (Å²) in [6.45, 7) is 2.03. The van der Waals surface area contributed by atoms with Crippen LogP contribution in [0.4, 0.5) is 17.5 Å². The lowest BCUT2D eigenvalue weighted by Crippen LogP contribution is -2.16. The van der Waals surface area contributed by atoms with Crippen LogP contribution in [0.3, 0.4) is 0 Å². The minimum Gasteiger partial charge on any atom is -0.328 e. The second kappa shape index (κ2) is 5.20. The maximum absolute atomic E-state index is 6.10. The molecule has 1 aromatic heterocycles. The standard InChI is InChI=1S/C12H14ClN5/c1-8-4-3-5-9(6-8)18(2)11-10(13)7-15-12(16-11)17-14/h3-7H,14H2,1-2H3,(H,15,16,17). The highest BCUT2D eigenvalue weighted by Gasteiger charge is 2.11. The first-order valence-corrected chi connectivity index (χ1v) is 5.79. The topological polar surface area (TPSA) is 67.1 Å². The van der Waals surface area contributed by atoms with Gasteiger partial charge in [-0.15, -0.1) is 0 Å². The van der Waals surface area contributed by atoms with Crippen LogP contribution in [0.2, 0.25) is 5.02 Å². The molecule has 0 aliphatic rings. The van der Waals surface area contributed by atoms with Gasteiger partial charge in [-0.1, -0.05) is 23.7 Å². The van der Waals surface area contributed by atoms with E-state index in [0.717, 1.165) is 5.69 Å². The van der Waals surface area contributed by atoms with Gasteiger partial charge in [0.05, 0.1) is 6.20 Å². The summed E-state index contributed by atoms with van der Waals surface area (Å²) in [4.78, 5) is 10.1. The van der Waals surface area contributed by atoms with Gasteiger partial charge in [-0.2, -0.15) is 4.98 Å². The molecular weight excluding hydrogens is 250 g/mol. The Hall–Kier alpha value is -1.85. The third-order valence-electron chi connectivity index (χ3n) is 2.56. The number of rotatable bonds is 3. The van der Waals surface area contributed by atoms with Gasteiger partial charge in [-0.25, -0.2) is 10.8 Å². The average Bonchev–Trinajstić information content (AvgIpc) is 2.38. The van der Waals surface area contributed by atoms with Crippen molar-refractivity contribution in [1.29, 1.82) is 0 Å². The summed E-state index contributed by atoms with van der Waals surface area (Å²) in [5.74, 6) is 6.22. The lowest BCUT2D eigenvalue weighted by atomic mass is 10.2. The van der Waals surface area contributed by atoms with E-state index in [9.17, 15) is 0 Å². The minimum absolute atomic E-state index is 0.328. The summed E-state index contributed by atoms with van der Waals surface area (Å²) >= 11 is 6.10. The van der Waals surface area contributed by atoms with Gasteiger partial charge in [0.15, 0.2) is 5.82 Å². The molecule has 1 aromatic carbocycles. The normalized spacial score (nSPS) is 10.2. The summed E-state index contributed by atoms with van der Waals surface area (Å²) in [7, 11) is 1.89. The number of benzene rings is 1. The van der Waals surface area contributed by atoms with Gasteiger partial charge < -0.3 is 4.90 Å². The fourth-order valence-electron chi connectivity index (χ4n) is 1.62. The van der Waals surface area contributed by atoms with Gasteiger partial charge in [0.25, 0.3) is 0 Å². The first-order chi connectivity index (χ1) is 8.61. The largest absolute Gasteiger partial charge is 0.328 e. The average molecular weight is 264 g/mol. The number of halogens is 1. The maximum atomic E-state index is 6.10. The maximum Gasteiger partial charge on any atom is 0.239 e. The number of anilines is 3. The lowest BCUT2D eigenvalue weighted by Gasteiger charge is -2.20. The Balaban J connectivity index is 2.41. The van der Waals surface area contributed by atoms with Crippen LogP contribution >= 0.6 is 11.6 Å². The van der Waals surface area contributed by atoms with Crippen molar-refractivity contribution >= 4 is 29.1 Å². The zero-order chi connectivity index (χ0) is 13.1. The molecular formula is C12H14ClN5. The first-order valence-electron chi connectivity index (χ1n) is 5.41. The van der Waals surface area contributed by atoms with Gasteiger partial charge in [0, 0.05) is 12.7 Å². The van der Waals surface area contributed by atoms with Gasteiger partial charge in [-0.05, 0) is 24.6 Å². The molecule has 0 aliphatic carbocycles. The smallest absolute Gasteiger partial charge is 0.239 e. The number of nitrogens with zero attached hydrogens (tertiary/aromatic N) is 3. The van der Waals surface area contributed by atoms with Gasteiger partial charge in [0.1, 0.15) is 5.02 Å². The third kappa shape index (κ3) is 2.52. The molecule has 0 spiro atoms. The van der Waals surface area contributed by atoms with Gasteiger partial charge in [-0.3, -0.25) is 5.43 Å². The Labute approximate surface area is 111 Å². The van der Waals surface area contributed by atoms with Crippen LogP contribution < -0.4 is 16.2 Å². The van der Waals surface area contributed by atoms with E-state index in [4.69, 9.17) is 17.4 Å². The Kier molecular flexibility index (Phi) is 3.64. The molecule has 0 unspecified atom stereocenters. The minimum atomic E-state index is 0.328. The van der Waals surface area contributed by atoms with Crippen molar-refractivity contribution in [2.45, 2.75) is 6.92 Å². The van der Waals surface area contributed by atoms with Crippen LogP contribution in [0.5, 0.6) is 0 Å². The van der Waals surface area contributed by atoms with Crippen molar-refractivity contribution in [2.24, 2.45) is 5.84 Å². The number of hydrogen-bond donors (Lipinski definition) is 2. The van der Waals surface area contributed by atoms with Crippen LogP contribution in [-0.4, -0.2) is 17.0 Å². The summed E-state index contributed by atoms with van der Waals surface area (Å²) in [6, 6.07) is 8.05. The zero-order valence-corrected chi connectivity index (χ0v) is 10.9. The number of nitrogen functional groups attached to an aromatic ring is 1. The molecule has 6 heteroatoms. The Morgan fingerprint density at radius 3 is 2.83 bits per heavy atom. The van der Waals surface area contributed by atoms with E-state index >= 15 is 0 Å². The SMILES string of the molecule is Cc1cccc(N(C)c2nc(NN)ncc2Cl)c1. The van der Waals surface area contributed by atoms with E-state index in [1.54, 1.807) is 0 Å². The van der Waals surface area contributed by atoms with Crippen molar-refractivity contribution in [1.82, 2.24) is 9.97 Å². The number of nitrogens with one attached hydrogen (secondary N) is 1. The predicted molar refractivity (Wildman–Crippen MR) is 74.1 cm³/mol. The molecule has 0 aliphatic heterocycles. The van der Waals surface area contributed by atoms with E-state index in [1.165, 1.54) is 11.8 Å². The van der Waals surface area contributed by atoms with Crippen molar-refractivity contribution < 1.29 is 0 Å². The van der Waals surface area contributed by atoms with Crippen molar-refractivity contribution in [3.05, 3.63) is 41.0 Å². The van der Waals surface area contributed by atoms with E-state index in [-0.39, 0.29) is 0 Å². The van der Waals surface area contributed by atoms with E-state index < -0.39 is 0 Å². The van der Waals surface area contributed by atoms with Crippen LogP contribution in [0.25, 0.3) is 0 Å². The van der Waals surface area contributed by atoms with Gasteiger partial charge in [0.2, 0.25) is 5.95 Å². The third-order valence-corrected chi connectivity index (χ3v) is 2.83. The van der Waals surface area contributed by atoms with E-state index in [1.807, 2.05) is 43.1 Å². The molecule has 0 radical (unpaired) electrons. The molecule has 2 aromatic rings. The molecule has 5 nitrogen and oxygen atoms in total. The Bertz CT molecular complexity index is 558. The highest BCUT2D eigenvalue weighted by atomic mass is 35.5. The number of aromatic nitrogens is 2. The number of aryl methyl sites for hydroxylation is 1. The molecule has 3 N–H and O–H groups in total. The second-order valence-electron chi connectivity index (χ2n) is 3.91. The number of hydrazine groups is 1. The summed E-state index contributed by atoms with van der Waals surface area (Å²) in [5, 5.41) is 0.470.